The van der Waals surface area contributed by atoms with Crippen molar-refractivity contribution in [3.8, 4) is 17.2 Å². The number of ether oxygens (including phenoxy) is 4. The monoisotopic (exact) mass is 631 g/mol. The molecule has 1 fully saturated rings. The molecule has 0 aliphatic carbocycles. The van der Waals surface area contributed by atoms with Gasteiger partial charge in [-0.25, -0.2) is 0 Å². The summed E-state index contributed by atoms with van der Waals surface area (Å²) in [5.41, 5.74) is 4.63. The zero-order valence-electron chi connectivity index (χ0n) is 23.4. The van der Waals surface area contributed by atoms with Crippen LogP contribution in [0.3, 0.4) is 0 Å². The van der Waals surface area contributed by atoms with Crippen molar-refractivity contribution in [1.29, 1.82) is 0 Å². The summed E-state index contributed by atoms with van der Waals surface area (Å²) in [6.07, 6.45) is 5.20. The number of thioether (sulfide) groups is 1. The molecule has 214 valence electrons. The lowest BCUT2D eigenvalue weighted by Crippen LogP contribution is -2.42. The van der Waals surface area contributed by atoms with Gasteiger partial charge in [0.25, 0.3) is 11.1 Å². The lowest BCUT2D eigenvalue weighted by Gasteiger charge is -2.38. The Balaban J connectivity index is 1.41. The first-order valence-electron chi connectivity index (χ1n) is 13.2. The molecular weight excluding hydrogens is 598 g/mol. The van der Waals surface area contributed by atoms with Crippen molar-refractivity contribution in [3.05, 3.63) is 55.4 Å². The van der Waals surface area contributed by atoms with Crippen LogP contribution in [-0.2, 0) is 20.7 Å². The largest absolute Gasteiger partial charge is 0.493 e. The molecule has 1 saturated heterocycles. The minimum Gasteiger partial charge on any atom is -0.493 e. The van der Waals surface area contributed by atoms with E-state index in [0.717, 1.165) is 81.2 Å². The van der Waals surface area contributed by atoms with Crippen molar-refractivity contribution in [3.63, 3.8) is 0 Å². The molecular formula is C30H34BrNO7S. The van der Waals surface area contributed by atoms with E-state index in [1.807, 2.05) is 18.2 Å². The topological polar surface area (TPSA) is 100 Å². The number of amides is 2. The van der Waals surface area contributed by atoms with E-state index in [1.165, 1.54) is 7.11 Å². The Labute approximate surface area is 247 Å². The molecule has 1 atom stereocenters. The number of hydrogen-bond donors (Lipinski definition) is 1. The maximum atomic E-state index is 11.8. The highest BCUT2D eigenvalue weighted by atomic mass is 79.9. The van der Waals surface area contributed by atoms with Gasteiger partial charge in [-0.2, -0.15) is 0 Å². The molecule has 0 radical (unpaired) electrons. The van der Waals surface area contributed by atoms with E-state index in [4.69, 9.17) is 18.9 Å². The summed E-state index contributed by atoms with van der Waals surface area (Å²) in [5.74, 6) is 1.88. The van der Waals surface area contributed by atoms with E-state index < -0.39 is 5.60 Å². The average Bonchev–Trinajstić information content (AvgIpc) is 3.24. The Kier molecular flexibility index (Phi) is 9.51. The fourth-order valence-electron chi connectivity index (χ4n) is 4.77. The number of nitrogens with one attached hydrogen (secondary N) is 1. The molecule has 4 rings (SSSR count). The van der Waals surface area contributed by atoms with Gasteiger partial charge < -0.3 is 18.9 Å². The second kappa shape index (κ2) is 12.7. The maximum Gasteiger partial charge on any atom is 0.305 e. The fraction of sp³-hybridized carbons (Fsp3) is 0.433. The van der Waals surface area contributed by atoms with Crippen LogP contribution in [0.25, 0.3) is 6.08 Å². The van der Waals surface area contributed by atoms with Gasteiger partial charge in [-0.05, 0) is 122 Å². The van der Waals surface area contributed by atoms with Gasteiger partial charge >= 0.3 is 5.97 Å². The lowest BCUT2D eigenvalue weighted by atomic mass is 9.87. The quantitative estimate of drug-likeness (QED) is 0.178. The predicted octanol–water partition coefficient (Wildman–Crippen LogP) is 6.58. The number of rotatable bonds is 10. The summed E-state index contributed by atoms with van der Waals surface area (Å²) in [5, 5.41) is 1.89. The predicted molar refractivity (Wildman–Crippen MR) is 158 cm³/mol. The Bertz CT molecular complexity index is 1370. The number of unbranched alkanes of at least 4 members (excludes halogenated alkanes) is 1. The number of carbonyl (C=O) groups excluding carboxylic acids is 3. The minimum absolute atomic E-state index is 0.198. The highest BCUT2D eigenvalue weighted by Crippen LogP contribution is 2.44. The summed E-state index contributed by atoms with van der Waals surface area (Å²) in [6, 6.07) is 5.54. The average molecular weight is 633 g/mol. The van der Waals surface area contributed by atoms with Gasteiger partial charge in [0.05, 0.1) is 23.1 Å². The zero-order valence-corrected chi connectivity index (χ0v) is 25.8. The van der Waals surface area contributed by atoms with Gasteiger partial charge in [0.15, 0.2) is 0 Å². The molecule has 2 amide bonds. The van der Waals surface area contributed by atoms with Gasteiger partial charge in [0, 0.05) is 12.0 Å². The SMILES string of the molecule is COC(=O)CCCCOc1c(C)c(C)c2c(c1C)CCC(C)(COc1ccc(C=C3SC(=O)NC3=O)cc1Br)O2. The van der Waals surface area contributed by atoms with Crippen molar-refractivity contribution in [2.75, 3.05) is 20.3 Å². The second-order valence-corrected chi connectivity index (χ2v) is 12.1. The van der Waals surface area contributed by atoms with Crippen LogP contribution in [-0.4, -0.2) is 43.0 Å². The number of methoxy groups -OCH3 is 1. The first kappa shape index (κ1) is 30.0. The van der Waals surface area contributed by atoms with Crippen LogP contribution in [0.2, 0.25) is 0 Å². The van der Waals surface area contributed by atoms with Crippen molar-refractivity contribution in [2.24, 2.45) is 0 Å². The first-order chi connectivity index (χ1) is 19.0. The number of hydrogen-bond acceptors (Lipinski definition) is 8. The van der Waals surface area contributed by atoms with Crippen LogP contribution in [0.1, 0.15) is 60.4 Å². The maximum absolute atomic E-state index is 11.8. The molecule has 10 heteroatoms. The second-order valence-electron chi connectivity index (χ2n) is 10.3. The molecule has 1 N–H and O–H groups in total. The molecule has 1 unspecified atom stereocenters. The molecule has 0 bridgehead atoms. The molecule has 40 heavy (non-hydrogen) atoms. The molecule has 0 spiro atoms. The zero-order chi connectivity index (χ0) is 29.0. The van der Waals surface area contributed by atoms with Gasteiger partial charge in [-0.3, -0.25) is 19.7 Å². The van der Waals surface area contributed by atoms with E-state index in [0.29, 0.717) is 30.3 Å². The molecule has 2 heterocycles. The smallest absolute Gasteiger partial charge is 0.305 e. The standard InChI is InChI=1S/C30H34BrNO7S/c1-17-18(2)27-21(19(3)26(17)37-13-7-6-8-25(33)36-5)11-12-30(4,39-27)16-38-23-10-9-20(14-22(23)31)15-24-28(34)32-29(35)40-24/h9-10,14-15H,6-8,11-13,16H2,1-5H3,(H,32,34,35). The summed E-state index contributed by atoms with van der Waals surface area (Å²) < 4.78 is 24.4. The third kappa shape index (κ3) is 6.83. The number of halogens is 1. The van der Waals surface area contributed by atoms with Crippen LogP contribution in [0, 0.1) is 20.8 Å². The Morgan fingerprint density at radius 2 is 1.93 bits per heavy atom. The van der Waals surface area contributed by atoms with Gasteiger partial charge in [0.2, 0.25) is 0 Å². The number of esters is 1. The first-order valence-corrected chi connectivity index (χ1v) is 14.8. The Morgan fingerprint density at radius 1 is 1.15 bits per heavy atom. The summed E-state index contributed by atoms with van der Waals surface area (Å²) in [6.45, 7) is 9.15. The van der Waals surface area contributed by atoms with Crippen LogP contribution in [0.4, 0.5) is 4.79 Å². The van der Waals surface area contributed by atoms with Crippen LogP contribution in [0.15, 0.2) is 27.6 Å². The molecule has 2 aliphatic rings. The molecule has 0 aromatic heterocycles. The summed E-state index contributed by atoms with van der Waals surface area (Å²) >= 11 is 4.45. The van der Waals surface area contributed by atoms with E-state index in [-0.39, 0.29) is 17.1 Å². The number of carbonyl (C=O) groups is 3. The lowest BCUT2D eigenvalue weighted by molar-refractivity contribution is -0.140. The van der Waals surface area contributed by atoms with Gasteiger partial charge in [-0.15, -0.1) is 0 Å². The minimum atomic E-state index is -0.522. The van der Waals surface area contributed by atoms with E-state index in [2.05, 4.69) is 48.9 Å². The van der Waals surface area contributed by atoms with Gasteiger partial charge in [0.1, 0.15) is 29.5 Å². The van der Waals surface area contributed by atoms with Crippen molar-refractivity contribution in [1.82, 2.24) is 5.32 Å². The van der Waals surface area contributed by atoms with Crippen LogP contribution < -0.4 is 19.5 Å². The highest BCUT2D eigenvalue weighted by Gasteiger charge is 2.36. The molecule has 8 nitrogen and oxygen atoms in total. The summed E-state index contributed by atoms with van der Waals surface area (Å²) in [4.78, 5) is 34.9. The number of benzene rings is 2. The van der Waals surface area contributed by atoms with Crippen molar-refractivity contribution >= 4 is 50.9 Å². The normalized spacial score (nSPS) is 19.2. The third-order valence-corrected chi connectivity index (χ3v) is 8.67. The molecule has 2 aliphatic heterocycles. The van der Waals surface area contributed by atoms with E-state index >= 15 is 0 Å². The van der Waals surface area contributed by atoms with Crippen molar-refractivity contribution in [2.45, 2.75) is 65.4 Å². The van der Waals surface area contributed by atoms with E-state index in [9.17, 15) is 14.4 Å². The molecule has 2 aromatic carbocycles. The van der Waals surface area contributed by atoms with Crippen LogP contribution >= 0.6 is 27.7 Å². The Hall–Kier alpha value is -2.98. The molecule has 2 aromatic rings. The summed E-state index contributed by atoms with van der Waals surface area (Å²) in [7, 11) is 1.40. The fourth-order valence-corrected chi connectivity index (χ4v) is 5.97. The Morgan fingerprint density at radius 3 is 2.60 bits per heavy atom. The van der Waals surface area contributed by atoms with Crippen LogP contribution in [0.5, 0.6) is 17.2 Å². The number of imide groups is 1. The number of fused-ring (bicyclic) bond motifs is 1. The molecule has 0 saturated carbocycles. The van der Waals surface area contributed by atoms with Crippen molar-refractivity contribution < 1.29 is 33.3 Å². The van der Waals surface area contributed by atoms with E-state index in [1.54, 1.807) is 6.08 Å². The van der Waals surface area contributed by atoms with Gasteiger partial charge in [-0.1, -0.05) is 6.07 Å². The third-order valence-electron chi connectivity index (χ3n) is 7.24. The highest BCUT2D eigenvalue weighted by molar-refractivity contribution is 9.10.